The Hall–Kier alpha value is -1.20. The molecular formula is C14H22N4O. The van der Waals surface area contributed by atoms with E-state index in [0.717, 1.165) is 24.5 Å². The number of anilines is 1. The first kappa shape index (κ1) is 12.8. The molecule has 1 atom stereocenters. The van der Waals surface area contributed by atoms with Crippen molar-refractivity contribution in [2.75, 3.05) is 11.9 Å². The van der Waals surface area contributed by atoms with Crippen molar-refractivity contribution in [1.29, 1.82) is 0 Å². The Balaban J connectivity index is 1.61. The SMILES string of the molecule is NCc1cc(NC2COC3(CCCCC3)C2)ncn1. The lowest BCUT2D eigenvalue weighted by atomic mass is 9.82. The maximum Gasteiger partial charge on any atom is 0.129 e. The van der Waals surface area contributed by atoms with Crippen LogP contribution in [0.15, 0.2) is 12.4 Å². The minimum atomic E-state index is 0.139. The van der Waals surface area contributed by atoms with Gasteiger partial charge in [0.05, 0.1) is 23.9 Å². The van der Waals surface area contributed by atoms with Gasteiger partial charge in [0.2, 0.25) is 0 Å². The highest BCUT2D eigenvalue weighted by Crippen LogP contribution is 2.39. The van der Waals surface area contributed by atoms with E-state index in [1.807, 2.05) is 6.07 Å². The van der Waals surface area contributed by atoms with Crippen LogP contribution in [-0.2, 0) is 11.3 Å². The van der Waals surface area contributed by atoms with Crippen LogP contribution >= 0.6 is 0 Å². The van der Waals surface area contributed by atoms with Crippen LogP contribution < -0.4 is 11.1 Å². The summed E-state index contributed by atoms with van der Waals surface area (Å²) >= 11 is 0. The zero-order chi connectivity index (χ0) is 13.1. The average Bonchev–Trinajstić information content (AvgIpc) is 2.82. The molecule has 5 nitrogen and oxygen atoms in total. The topological polar surface area (TPSA) is 73.1 Å². The summed E-state index contributed by atoms with van der Waals surface area (Å²) in [5.74, 6) is 0.858. The van der Waals surface area contributed by atoms with Gasteiger partial charge in [-0.3, -0.25) is 0 Å². The average molecular weight is 262 g/mol. The van der Waals surface area contributed by atoms with Gasteiger partial charge in [-0.15, -0.1) is 0 Å². The largest absolute Gasteiger partial charge is 0.373 e. The molecule has 2 fully saturated rings. The summed E-state index contributed by atoms with van der Waals surface area (Å²) in [5, 5.41) is 3.46. The van der Waals surface area contributed by atoms with Gasteiger partial charge in [-0.1, -0.05) is 19.3 Å². The number of nitrogens with two attached hydrogens (primary N) is 1. The highest BCUT2D eigenvalue weighted by atomic mass is 16.5. The van der Waals surface area contributed by atoms with Crippen LogP contribution in [0.1, 0.15) is 44.2 Å². The molecule has 5 heteroatoms. The Labute approximate surface area is 114 Å². The second-order valence-electron chi connectivity index (χ2n) is 5.70. The first-order valence-electron chi connectivity index (χ1n) is 7.21. The fourth-order valence-electron chi connectivity index (χ4n) is 3.28. The molecule has 1 saturated carbocycles. The van der Waals surface area contributed by atoms with Crippen molar-refractivity contribution >= 4 is 5.82 Å². The second-order valence-corrected chi connectivity index (χ2v) is 5.70. The summed E-state index contributed by atoms with van der Waals surface area (Å²) in [6.07, 6.45) is 9.04. The van der Waals surface area contributed by atoms with Crippen molar-refractivity contribution < 1.29 is 4.74 Å². The third kappa shape index (κ3) is 2.87. The summed E-state index contributed by atoms with van der Waals surface area (Å²) in [6.45, 7) is 1.23. The molecule has 3 rings (SSSR count). The fraction of sp³-hybridized carbons (Fsp3) is 0.714. The van der Waals surface area contributed by atoms with Crippen LogP contribution in [-0.4, -0.2) is 28.2 Å². The molecule has 1 aliphatic heterocycles. The fourth-order valence-corrected chi connectivity index (χ4v) is 3.28. The molecule has 1 aromatic rings. The number of nitrogens with zero attached hydrogens (tertiary/aromatic N) is 2. The molecule has 0 radical (unpaired) electrons. The number of nitrogens with one attached hydrogen (secondary N) is 1. The van der Waals surface area contributed by atoms with E-state index in [-0.39, 0.29) is 5.60 Å². The molecule has 2 heterocycles. The van der Waals surface area contributed by atoms with Crippen LogP contribution in [0, 0.1) is 0 Å². The molecule has 1 spiro atoms. The smallest absolute Gasteiger partial charge is 0.129 e. The highest BCUT2D eigenvalue weighted by Gasteiger charge is 2.41. The molecule has 0 aromatic carbocycles. The molecule has 3 N–H and O–H groups in total. The van der Waals surface area contributed by atoms with Crippen molar-refractivity contribution in [3.05, 3.63) is 18.1 Å². The minimum absolute atomic E-state index is 0.139. The Morgan fingerprint density at radius 1 is 1.32 bits per heavy atom. The summed E-state index contributed by atoms with van der Waals surface area (Å²) in [5.41, 5.74) is 6.60. The Kier molecular flexibility index (Phi) is 3.66. The predicted octanol–water partition coefficient (Wildman–Crippen LogP) is 1.84. The van der Waals surface area contributed by atoms with E-state index >= 15 is 0 Å². The lowest BCUT2D eigenvalue weighted by molar-refractivity contribution is -0.0244. The normalized spacial score (nSPS) is 25.6. The van der Waals surface area contributed by atoms with Crippen LogP contribution in [0.5, 0.6) is 0 Å². The van der Waals surface area contributed by atoms with Crippen LogP contribution in [0.25, 0.3) is 0 Å². The van der Waals surface area contributed by atoms with E-state index in [1.54, 1.807) is 6.33 Å². The van der Waals surface area contributed by atoms with Crippen molar-refractivity contribution in [3.8, 4) is 0 Å². The van der Waals surface area contributed by atoms with E-state index < -0.39 is 0 Å². The molecular weight excluding hydrogens is 240 g/mol. The molecule has 1 unspecified atom stereocenters. The first-order valence-corrected chi connectivity index (χ1v) is 7.21. The number of aromatic nitrogens is 2. The van der Waals surface area contributed by atoms with Crippen molar-refractivity contribution in [3.63, 3.8) is 0 Å². The molecule has 1 saturated heterocycles. The number of rotatable bonds is 3. The monoisotopic (exact) mass is 262 g/mol. The Bertz CT molecular complexity index is 431. The lowest BCUT2D eigenvalue weighted by Gasteiger charge is -2.32. The number of hydrogen-bond acceptors (Lipinski definition) is 5. The zero-order valence-corrected chi connectivity index (χ0v) is 11.3. The third-order valence-electron chi connectivity index (χ3n) is 4.26. The first-order chi connectivity index (χ1) is 9.30. The summed E-state index contributed by atoms with van der Waals surface area (Å²) in [4.78, 5) is 8.36. The van der Waals surface area contributed by atoms with Crippen LogP contribution in [0.3, 0.4) is 0 Å². The maximum atomic E-state index is 6.09. The molecule has 104 valence electrons. The van der Waals surface area contributed by atoms with E-state index in [1.165, 1.54) is 32.1 Å². The Morgan fingerprint density at radius 3 is 2.95 bits per heavy atom. The summed E-state index contributed by atoms with van der Waals surface area (Å²) in [7, 11) is 0. The van der Waals surface area contributed by atoms with Gasteiger partial charge in [-0.05, 0) is 19.3 Å². The van der Waals surface area contributed by atoms with Crippen LogP contribution in [0.4, 0.5) is 5.82 Å². The highest BCUT2D eigenvalue weighted by molar-refractivity contribution is 5.36. The van der Waals surface area contributed by atoms with E-state index in [4.69, 9.17) is 10.5 Å². The minimum Gasteiger partial charge on any atom is -0.373 e. The van der Waals surface area contributed by atoms with E-state index in [0.29, 0.717) is 12.6 Å². The molecule has 0 bridgehead atoms. The van der Waals surface area contributed by atoms with Gasteiger partial charge in [0.25, 0.3) is 0 Å². The summed E-state index contributed by atoms with van der Waals surface area (Å²) in [6, 6.07) is 2.28. The van der Waals surface area contributed by atoms with Gasteiger partial charge in [-0.2, -0.15) is 0 Å². The number of hydrogen-bond donors (Lipinski definition) is 2. The van der Waals surface area contributed by atoms with Gasteiger partial charge in [0.15, 0.2) is 0 Å². The quantitative estimate of drug-likeness (QED) is 0.869. The van der Waals surface area contributed by atoms with Crippen molar-refractivity contribution in [2.24, 2.45) is 5.73 Å². The number of ether oxygens (including phenoxy) is 1. The van der Waals surface area contributed by atoms with E-state index in [9.17, 15) is 0 Å². The molecule has 0 amide bonds. The van der Waals surface area contributed by atoms with Gasteiger partial charge in [-0.25, -0.2) is 9.97 Å². The standard InChI is InChI=1S/C14H22N4O/c15-8-11-6-13(17-10-16-11)18-12-7-14(19-9-12)4-2-1-3-5-14/h6,10,12H,1-5,7-9,15H2,(H,16,17,18). The molecule has 2 aliphatic rings. The van der Waals surface area contributed by atoms with E-state index in [2.05, 4.69) is 15.3 Å². The van der Waals surface area contributed by atoms with Crippen molar-refractivity contribution in [2.45, 2.75) is 56.7 Å². The van der Waals surface area contributed by atoms with Gasteiger partial charge in [0, 0.05) is 12.6 Å². The van der Waals surface area contributed by atoms with Gasteiger partial charge < -0.3 is 15.8 Å². The Morgan fingerprint density at radius 2 is 2.16 bits per heavy atom. The van der Waals surface area contributed by atoms with Gasteiger partial charge in [0.1, 0.15) is 12.1 Å². The molecule has 1 aliphatic carbocycles. The molecule has 1 aromatic heterocycles. The lowest BCUT2D eigenvalue weighted by Crippen LogP contribution is -2.31. The summed E-state index contributed by atoms with van der Waals surface area (Å²) < 4.78 is 6.09. The van der Waals surface area contributed by atoms with Gasteiger partial charge >= 0.3 is 0 Å². The predicted molar refractivity (Wildman–Crippen MR) is 73.7 cm³/mol. The zero-order valence-electron chi connectivity index (χ0n) is 11.3. The maximum absolute atomic E-state index is 6.09. The van der Waals surface area contributed by atoms with Crippen LogP contribution in [0.2, 0.25) is 0 Å². The molecule has 19 heavy (non-hydrogen) atoms. The van der Waals surface area contributed by atoms with Crippen molar-refractivity contribution in [1.82, 2.24) is 9.97 Å². The second kappa shape index (κ2) is 5.43. The third-order valence-corrected chi connectivity index (χ3v) is 4.26.